The van der Waals surface area contributed by atoms with E-state index in [1.165, 1.54) is 0 Å². The maximum Gasteiger partial charge on any atom is 0.168 e. The molecule has 0 bridgehead atoms. The first kappa shape index (κ1) is 15.8. The molecule has 3 rings (SSSR count). The minimum Gasteiger partial charge on any atom is -0.379 e. The van der Waals surface area contributed by atoms with Crippen LogP contribution in [0.25, 0.3) is 22.4 Å². The summed E-state index contributed by atoms with van der Waals surface area (Å²) in [7, 11) is 0. The molecular formula is C17H16FN5O. The maximum atomic E-state index is 12.7. The Hall–Kier alpha value is -3.09. The van der Waals surface area contributed by atoms with Gasteiger partial charge in [0.2, 0.25) is 0 Å². The topological polar surface area (TPSA) is 72.7 Å². The zero-order chi connectivity index (χ0) is 17.1. The lowest BCUT2D eigenvalue weighted by Crippen LogP contribution is -2.26. The van der Waals surface area contributed by atoms with E-state index in [4.69, 9.17) is 0 Å². The Balaban J connectivity index is 2.07. The zero-order valence-electron chi connectivity index (χ0n) is 13.1. The van der Waals surface area contributed by atoms with E-state index in [-0.39, 0.29) is 5.69 Å². The molecule has 3 aromatic rings. The molecule has 1 aromatic carbocycles. The fourth-order valence-corrected chi connectivity index (χ4v) is 2.34. The molecule has 0 saturated carbocycles. The number of hydrogen-bond acceptors (Lipinski definition) is 5. The average Bonchev–Trinajstić information content (AvgIpc) is 3.05. The van der Waals surface area contributed by atoms with Crippen molar-refractivity contribution in [3.05, 3.63) is 54.4 Å². The molecule has 0 aliphatic rings. The number of para-hydroxylation sites is 1. The predicted octanol–water partition coefficient (Wildman–Crippen LogP) is 2.55. The van der Waals surface area contributed by atoms with Crippen molar-refractivity contribution in [1.82, 2.24) is 25.3 Å². The highest BCUT2D eigenvalue weighted by Gasteiger charge is 2.12. The highest BCUT2D eigenvalue weighted by atomic mass is 19.1. The van der Waals surface area contributed by atoms with Gasteiger partial charge in [0.1, 0.15) is 17.9 Å². The van der Waals surface area contributed by atoms with Gasteiger partial charge in [-0.15, -0.1) is 5.10 Å². The summed E-state index contributed by atoms with van der Waals surface area (Å²) >= 11 is 0. The van der Waals surface area contributed by atoms with Crippen LogP contribution in [0, 0.1) is 0 Å². The molecule has 0 fully saturated rings. The van der Waals surface area contributed by atoms with Crippen LogP contribution in [0.15, 0.2) is 43.0 Å². The van der Waals surface area contributed by atoms with Crippen molar-refractivity contribution in [1.29, 1.82) is 0 Å². The Morgan fingerprint density at radius 1 is 1.42 bits per heavy atom. The van der Waals surface area contributed by atoms with Gasteiger partial charge in [0.25, 0.3) is 0 Å². The second-order valence-corrected chi connectivity index (χ2v) is 5.42. The van der Waals surface area contributed by atoms with Gasteiger partial charge in [-0.2, -0.15) is 0 Å². The van der Waals surface area contributed by atoms with Gasteiger partial charge in [-0.25, -0.2) is 14.1 Å². The summed E-state index contributed by atoms with van der Waals surface area (Å²) in [5.41, 5.74) is 3.31. The monoisotopic (exact) mass is 325 g/mol. The minimum atomic E-state index is -0.535. The molecule has 0 aliphatic heterocycles. The summed E-state index contributed by atoms with van der Waals surface area (Å²) in [5, 5.41) is 11.1. The van der Waals surface area contributed by atoms with Crippen LogP contribution in [-0.4, -0.2) is 39.0 Å². The number of aromatic nitrogens is 4. The lowest BCUT2D eigenvalue weighted by molar-refractivity contribution is 0.111. The van der Waals surface area contributed by atoms with Gasteiger partial charge in [0.15, 0.2) is 6.29 Å². The highest BCUT2D eigenvalue weighted by molar-refractivity contribution is 5.78. The third kappa shape index (κ3) is 3.01. The number of pyridine rings is 1. The van der Waals surface area contributed by atoms with E-state index in [9.17, 15) is 9.18 Å². The number of carbonyl (C=O) groups is 1. The summed E-state index contributed by atoms with van der Waals surface area (Å²) in [6, 6.07) is 10.4. The van der Waals surface area contributed by atoms with Crippen LogP contribution < -0.4 is 5.32 Å². The van der Waals surface area contributed by atoms with Crippen molar-refractivity contribution in [2.24, 2.45) is 0 Å². The summed E-state index contributed by atoms with van der Waals surface area (Å²) in [6.07, 6.45) is 0.651. The highest BCUT2D eigenvalue weighted by Crippen LogP contribution is 2.19. The number of benzene rings is 1. The normalized spacial score (nSPS) is 12.1. The Kier molecular flexibility index (Phi) is 4.33. The van der Waals surface area contributed by atoms with E-state index >= 15 is 0 Å². The number of rotatable bonds is 6. The van der Waals surface area contributed by atoms with Gasteiger partial charge < -0.3 is 5.32 Å². The lowest BCUT2D eigenvalue weighted by Gasteiger charge is -2.14. The molecule has 6 nitrogen and oxygen atoms in total. The first-order valence-corrected chi connectivity index (χ1v) is 7.42. The number of fused-ring (bicyclic) bond motifs is 1. The summed E-state index contributed by atoms with van der Waals surface area (Å²) in [4.78, 5) is 15.4. The molecule has 1 unspecified atom stereocenters. The molecule has 0 aliphatic carbocycles. The number of hydrogen-bond donors (Lipinski definition) is 1. The first-order chi connectivity index (χ1) is 11.6. The van der Waals surface area contributed by atoms with Gasteiger partial charge >= 0.3 is 0 Å². The van der Waals surface area contributed by atoms with Crippen molar-refractivity contribution in [3.8, 4) is 5.69 Å². The quantitative estimate of drug-likeness (QED) is 0.705. The van der Waals surface area contributed by atoms with E-state index in [2.05, 4.69) is 27.2 Å². The Morgan fingerprint density at radius 2 is 2.21 bits per heavy atom. The number of aldehydes is 1. The van der Waals surface area contributed by atoms with E-state index in [1.807, 2.05) is 24.3 Å². The second kappa shape index (κ2) is 6.57. The summed E-state index contributed by atoms with van der Waals surface area (Å²) in [5.74, 6) is 0. The van der Waals surface area contributed by atoms with Crippen molar-refractivity contribution in [2.75, 3.05) is 6.67 Å². The zero-order valence-corrected chi connectivity index (χ0v) is 13.1. The molecule has 2 aromatic heterocycles. The number of nitrogens with zero attached hydrogens (tertiary/aromatic N) is 4. The SMILES string of the molecule is C=C(NC(C)CF)c1cc(-n2nnc3ccccc32)cc(C=O)n1. The van der Waals surface area contributed by atoms with Crippen LogP contribution in [0.5, 0.6) is 0 Å². The molecule has 0 amide bonds. The van der Waals surface area contributed by atoms with Crippen LogP contribution in [-0.2, 0) is 0 Å². The van der Waals surface area contributed by atoms with Crippen molar-refractivity contribution in [3.63, 3.8) is 0 Å². The number of carbonyl (C=O) groups excluding carboxylic acids is 1. The Labute approximate surface area is 138 Å². The van der Waals surface area contributed by atoms with E-state index in [0.29, 0.717) is 23.4 Å². The van der Waals surface area contributed by atoms with E-state index in [1.54, 1.807) is 23.7 Å². The molecule has 0 radical (unpaired) electrons. The standard InChI is InChI=1S/C17H16FN5O/c1-11(9-18)19-12(2)16-8-14(7-13(10-24)20-16)23-17-6-4-3-5-15(17)21-22-23/h3-8,10-11,19H,2,9H2,1H3. The largest absolute Gasteiger partial charge is 0.379 e. The molecule has 7 heteroatoms. The van der Waals surface area contributed by atoms with Gasteiger partial charge in [0, 0.05) is 0 Å². The lowest BCUT2D eigenvalue weighted by atomic mass is 10.2. The number of halogens is 1. The molecule has 0 spiro atoms. The summed E-state index contributed by atoms with van der Waals surface area (Å²) < 4.78 is 14.3. The van der Waals surface area contributed by atoms with Gasteiger partial charge in [-0.3, -0.25) is 4.79 Å². The van der Waals surface area contributed by atoms with Crippen molar-refractivity contribution < 1.29 is 9.18 Å². The van der Waals surface area contributed by atoms with Crippen LogP contribution in [0.3, 0.4) is 0 Å². The van der Waals surface area contributed by atoms with Crippen LogP contribution in [0.1, 0.15) is 23.1 Å². The first-order valence-electron chi connectivity index (χ1n) is 7.42. The number of nitrogens with one attached hydrogen (secondary N) is 1. The molecular weight excluding hydrogens is 309 g/mol. The van der Waals surface area contributed by atoms with Crippen LogP contribution in [0.4, 0.5) is 4.39 Å². The Morgan fingerprint density at radius 3 is 2.96 bits per heavy atom. The summed E-state index contributed by atoms with van der Waals surface area (Å²) in [6.45, 7) is 5.03. The second-order valence-electron chi connectivity index (χ2n) is 5.42. The molecule has 1 atom stereocenters. The van der Waals surface area contributed by atoms with Crippen LogP contribution >= 0.6 is 0 Å². The Bertz CT molecular complexity index is 905. The molecule has 24 heavy (non-hydrogen) atoms. The van der Waals surface area contributed by atoms with E-state index in [0.717, 1.165) is 11.0 Å². The third-order valence-electron chi connectivity index (χ3n) is 3.51. The smallest absolute Gasteiger partial charge is 0.168 e. The van der Waals surface area contributed by atoms with Gasteiger partial charge in [-0.05, 0) is 31.2 Å². The van der Waals surface area contributed by atoms with Crippen LogP contribution in [0.2, 0.25) is 0 Å². The minimum absolute atomic E-state index is 0.234. The predicted molar refractivity (Wildman–Crippen MR) is 89.7 cm³/mol. The molecule has 2 heterocycles. The van der Waals surface area contributed by atoms with Crippen molar-refractivity contribution in [2.45, 2.75) is 13.0 Å². The third-order valence-corrected chi connectivity index (χ3v) is 3.51. The van der Waals surface area contributed by atoms with Crippen molar-refractivity contribution >= 4 is 23.0 Å². The van der Waals surface area contributed by atoms with Gasteiger partial charge in [-0.1, -0.05) is 23.9 Å². The average molecular weight is 325 g/mol. The van der Waals surface area contributed by atoms with Gasteiger partial charge in [0.05, 0.1) is 28.6 Å². The maximum absolute atomic E-state index is 12.7. The molecule has 0 saturated heterocycles. The molecule has 122 valence electrons. The fourth-order valence-electron chi connectivity index (χ4n) is 2.34. The van der Waals surface area contributed by atoms with E-state index < -0.39 is 12.7 Å². The fraction of sp³-hybridized carbons (Fsp3) is 0.176. The number of alkyl halides is 1. The molecule has 1 N–H and O–H groups in total.